The van der Waals surface area contributed by atoms with Gasteiger partial charge >= 0.3 is 6.03 Å². The second kappa shape index (κ2) is 7.07. The van der Waals surface area contributed by atoms with Crippen LogP contribution in [0.15, 0.2) is 36.4 Å². The predicted molar refractivity (Wildman–Crippen MR) is 106 cm³/mol. The lowest BCUT2D eigenvalue weighted by molar-refractivity contribution is 0.206. The molecule has 0 atom stereocenters. The quantitative estimate of drug-likeness (QED) is 0.746. The average Bonchev–Trinajstić information content (AvgIpc) is 2.99. The molecule has 28 heavy (non-hydrogen) atoms. The van der Waals surface area contributed by atoms with Gasteiger partial charge in [-0.15, -0.1) is 0 Å². The zero-order valence-corrected chi connectivity index (χ0v) is 16.1. The van der Waals surface area contributed by atoms with E-state index in [1.54, 1.807) is 49.5 Å². The van der Waals surface area contributed by atoms with Gasteiger partial charge in [-0.2, -0.15) is 0 Å². The van der Waals surface area contributed by atoms with Crippen molar-refractivity contribution in [3.63, 3.8) is 0 Å². The predicted octanol–water partition coefficient (Wildman–Crippen LogP) is 3.92. The van der Waals surface area contributed by atoms with Crippen LogP contribution in [-0.2, 0) is 20.0 Å². The molecule has 0 unspecified atom stereocenters. The Morgan fingerprint density at radius 3 is 2.71 bits per heavy atom. The van der Waals surface area contributed by atoms with Gasteiger partial charge in [-0.25, -0.2) is 9.18 Å². The highest BCUT2D eigenvalue weighted by molar-refractivity contribution is 5.92. The van der Waals surface area contributed by atoms with E-state index in [0.717, 1.165) is 28.6 Å². The summed E-state index contributed by atoms with van der Waals surface area (Å²) in [5, 5.41) is 3.76. The van der Waals surface area contributed by atoms with Crippen molar-refractivity contribution in [1.29, 1.82) is 0 Å². The highest BCUT2D eigenvalue weighted by Crippen LogP contribution is 2.32. The van der Waals surface area contributed by atoms with Crippen molar-refractivity contribution in [2.24, 2.45) is 7.05 Å². The summed E-state index contributed by atoms with van der Waals surface area (Å²) >= 11 is 0. The van der Waals surface area contributed by atoms with Gasteiger partial charge in [0, 0.05) is 54.8 Å². The minimum absolute atomic E-state index is 0.220. The number of urea groups is 1. The number of nitrogens with zero attached hydrogens (tertiary/aromatic N) is 2. The molecule has 4 rings (SSSR count). The van der Waals surface area contributed by atoms with Crippen molar-refractivity contribution in [1.82, 2.24) is 9.47 Å². The molecule has 2 amide bonds. The second-order valence-electron chi connectivity index (χ2n) is 6.81. The summed E-state index contributed by atoms with van der Waals surface area (Å²) < 4.78 is 26.4. The largest absolute Gasteiger partial charge is 0.497 e. The van der Waals surface area contributed by atoms with Gasteiger partial charge in [0.25, 0.3) is 0 Å². The molecule has 0 spiro atoms. The fraction of sp³-hybridized carbons (Fsp3) is 0.286. The minimum Gasteiger partial charge on any atom is -0.497 e. The third-order valence-electron chi connectivity index (χ3n) is 5.30. The summed E-state index contributed by atoms with van der Waals surface area (Å²) in [5.41, 5.74) is 3.69. The van der Waals surface area contributed by atoms with Crippen LogP contribution in [-0.4, -0.2) is 36.3 Å². The van der Waals surface area contributed by atoms with E-state index in [1.807, 2.05) is 7.05 Å². The first-order chi connectivity index (χ1) is 13.5. The first kappa shape index (κ1) is 18.2. The van der Waals surface area contributed by atoms with Gasteiger partial charge in [0.15, 0.2) is 0 Å². The maximum atomic E-state index is 13.8. The van der Waals surface area contributed by atoms with Crippen molar-refractivity contribution >= 4 is 22.6 Å². The summed E-state index contributed by atoms with van der Waals surface area (Å²) in [6.45, 7) is 1.02. The molecule has 3 aromatic rings. The molecule has 1 N–H and O–H groups in total. The molecular formula is C21H22FN3O3. The lowest BCUT2D eigenvalue weighted by Crippen LogP contribution is -2.39. The number of carbonyl (C=O) groups excluding carboxylic acids is 1. The zero-order valence-electron chi connectivity index (χ0n) is 16.1. The summed E-state index contributed by atoms with van der Waals surface area (Å²) in [6.07, 6.45) is 0.718. The molecule has 146 valence electrons. The van der Waals surface area contributed by atoms with Gasteiger partial charge in [0.1, 0.15) is 17.3 Å². The number of rotatable bonds is 3. The molecule has 0 saturated heterocycles. The topological polar surface area (TPSA) is 55.7 Å². The van der Waals surface area contributed by atoms with Crippen LogP contribution in [0.25, 0.3) is 10.9 Å². The molecule has 6 nitrogen and oxygen atoms in total. The van der Waals surface area contributed by atoms with E-state index >= 15 is 0 Å². The van der Waals surface area contributed by atoms with Crippen molar-refractivity contribution in [3.05, 3.63) is 53.5 Å². The number of anilines is 1. The summed E-state index contributed by atoms with van der Waals surface area (Å²) in [7, 11) is 5.10. The number of ether oxygens (including phenoxy) is 2. The number of aryl methyl sites for hydroxylation is 1. The summed E-state index contributed by atoms with van der Waals surface area (Å²) in [4.78, 5) is 14.6. The van der Waals surface area contributed by atoms with Crippen LogP contribution in [0.2, 0.25) is 0 Å². The van der Waals surface area contributed by atoms with Crippen LogP contribution in [0.5, 0.6) is 11.5 Å². The Morgan fingerprint density at radius 2 is 1.96 bits per heavy atom. The van der Waals surface area contributed by atoms with Crippen molar-refractivity contribution in [2.45, 2.75) is 13.0 Å². The van der Waals surface area contributed by atoms with Gasteiger partial charge < -0.3 is 24.3 Å². The van der Waals surface area contributed by atoms with Crippen molar-refractivity contribution in [2.75, 3.05) is 26.1 Å². The van der Waals surface area contributed by atoms with Gasteiger partial charge in [0.05, 0.1) is 19.9 Å². The lowest BCUT2D eigenvalue weighted by Gasteiger charge is -2.28. The molecule has 1 aromatic heterocycles. The fourth-order valence-electron chi connectivity index (χ4n) is 3.82. The molecule has 0 saturated carbocycles. The Balaban J connectivity index is 1.59. The van der Waals surface area contributed by atoms with E-state index in [9.17, 15) is 9.18 Å². The van der Waals surface area contributed by atoms with Crippen LogP contribution in [0, 0.1) is 5.82 Å². The number of halogens is 1. The number of benzene rings is 2. The third kappa shape index (κ3) is 3.02. The molecular weight excluding hydrogens is 361 g/mol. The maximum Gasteiger partial charge on any atom is 0.322 e. The normalized spacial score (nSPS) is 13.4. The Labute approximate surface area is 162 Å². The smallest absolute Gasteiger partial charge is 0.322 e. The number of hydrogen-bond donors (Lipinski definition) is 1. The second-order valence-corrected chi connectivity index (χ2v) is 6.81. The van der Waals surface area contributed by atoms with Crippen LogP contribution in [0.1, 0.15) is 11.3 Å². The number of amides is 2. The standard InChI is InChI=1S/C21H22FN3O3/c1-24-18-7-4-13(22)10-15(18)16-12-25(9-8-19(16)24)21(26)23-17-6-5-14(27-2)11-20(17)28-3/h4-7,10-11H,8-9,12H2,1-3H3,(H,23,26). The van der Waals surface area contributed by atoms with Crippen LogP contribution < -0.4 is 14.8 Å². The first-order valence-electron chi connectivity index (χ1n) is 9.05. The SMILES string of the molecule is COc1ccc(NC(=O)N2CCc3c(c4cc(F)ccc4n3C)C2)c(OC)c1. The van der Waals surface area contributed by atoms with E-state index in [0.29, 0.717) is 30.3 Å². The van der Waals surface area contributed by atoms with E-state index in [-0.39, 0.29) is 11.8 Å². The number of aromatic nitrogens is 1. The Kier molecular flexibility index (Phi) is 4.58. The zero-order chi connectivity index (χ0) is 19.8. The molecule has 1 aliphatic rings. The van der Waals surface area contributed by atoms with E-state index in [1.165, 1.54) is 6.07 Å². The number of carbonyl (C=O) groups is 1. The molecule has 0 fully saturated rings. The van der Waals surface area contributed by atoms with Crippen LogP contribution in [0.4, 0.5) is 14.9 Å². The lowest BCUT2D eigenvalue weighted by atomic mass is 10.0. The van der Waals surface area contributed by atoms with E-state index in [4.69, 9.17) is 9.47 Å². The molecule has 2 heterocycles. The number of fused-ring (bicyclic) bond motifs is 3. The van der Waals surface area contributed by atoms with Gasteiger partial charge in [-0.1, -0.05) is 0 Å². The molecule has 0 bridgehead atoms. The van der Waals surface area contributed by atoms with Gasteiger partial charge in [0.2, 0.25) is 0 Å². The molecule has 2 aromatic carbocycles. The Morgan fingerprint density at radius 1 is 1.14 bits per heavy atom. The van der Waals surface area contributed by atoms with E-state index in [2.05, 4.69) is 9.88 Å². The Bertz CT molecular complexity index is 1060. The number of methoxy groups -OCH3 is 2. The van der Waals surface area contributed by atoms with E-state index < -0.39 is 0 Å². The van der Waals surface area contributed by atoms with Crippen molar-refractivity contribution in [3.8, 4) is 11.5 Å². The van der Waals surface area contributed by atoms with Gasteiger partial charge in [-0.05, 0) is 30.3 Å². The highest BCUT2D eigenvalue weighted by Gasteiger charge is 2.26. The maximum absolute atomic E-state index is 13.8. The molecule has 1 aliphatic heterocycles. The Hall–Kier alpha value is -3.22. The minimum atomic E-state index is -0.273. The summed E-state index contributed by atoms with van der Waals surface area (Å²) in [6, 6.07) is 9.81. The number of hydrogen-bond acceptors (Lipinski definition) is 3. The molecule has 7 heteroatoms. The molecule has 0 aliphatic carbocycles. The first-order valence-corrected chi connectivity index (χ1v) is 9.05. The monoisotopic (exact) mass is 383 g/mol. The number of nitrogens with one attached hydrogen (secondary N) is 1. The average molecular weight is 383 g/mol. The van der Waals surface area contributed by atoms with Gasteiger partial charge in [-0.3, -0.25) is 0 Å². The van der Waals surface area contributed by atoms with Crippen LogP contribution >= 0.6 is 0 Å². The highest BCUT2D eigenvalue weighted by atomic mass is 19.1. The van der Waals surface area contributed by atoms with Crippen LogP contribution in [0.3, 0.4) is 0 Å². The fourth-order valence-corrected chi connectivity index (χ4v) is 3.82. The third-order valence-corrected chi connectivity index (χ3v) is 5.30. The van der Waals surface area contributed by atoms with Crippen molar-refractivity contribution < 1.29 is 18.7 Å². The molecule has 0 radical (unpaired) electrons. The summed E-state index contributed by atoms with van der Waals surface area (Å²) in [5.74, 6) is 0.901.